The van der Waals surface area contributed by atoms with Crippen molar-refractivity contribution >= 4 is 23.1 Å². The molecule has 1 aromatic rings. The van der Waals surface area contributed by atoms with Gasteiger partial charge in [0, 0.05) is 11.6 Å². The van der Waals surface area contributed by atoms with Gasteiger partial charge in [-0.2, -0.15) is 0 Å². The molecule has 0 spiro atoms. The number of nitro groups is 1. The van der Waals surface area contributed by atoms with Crippen LogP contribution in [0.4, 0.5) is 5.69 Å². The van der Waals surface area contributed by atoms with Gasteiger partial charge in [0.15, 0.2) is 0 Å². The lowest BCUT2D eigenvalue weighted by Crippen LogP contribution is -2.10. The molecule has 0 aliphatic rings. The van der Waals surface area contributed by atoms with E-state index in [1.54, 1.807) is 0 Å². The topological polar surface area (TPSA) is 93.0 Å². The van der Waals surface area contributed by atoms with E-state index in [1.165, 1.54) is 18.2 Å². The third kappa shape index (κ3) is 1.94. The summed E-state index contributed by atoms with van der Waals surface area (Å²) in [6, 6.07) is 3.90. The molecule has 1 aromatic carbocycles. The lowest BCUT2D eigenvalue weighted by molar-refractivity contribution is -0.384. The summed E-state index contributed by atoms with van der Waals surface area (Å²) in [5.41, 5.74) is 5.35. The zero-order chi connectivity index (χ0) is 10.0. The van der Waals surface area contributed by atoms with Crippen LogP contribution in [0.25, 0.3) is 0 Å². The number of nitrogens with two attached hydrogens (primary N) is 1. The van der Waals surface area contributed by atoms with E-state index in [1.807, 2.05) is 0 Å². The minimum absolute atomic E-state index is 0.0160. The lowest BCUT2D eigenvalue weighted by Gasteiger charge is -1.98. The van der Waals surface area contributed by atoms with Gasteiger partial charge in [-0.3, -0.25) is 15.5 Å². The predicted octanol–water partition coefficient (Wildman–Crippen LogP) is 1.53. The average molecular weight is 200 g/mol. The molecule has 0 saturated carbocycles. The first-order chi connectivity index (χ1) is 6.02. The average Bonchev–Trinajstić information content (AvgIpc) is 2.03. The molecule has 0 aromatic heterocycles. The number of halogens is 1. The smallest absolute Gasteiger partial charge is 0.287 e. The summed E-state index contributed by atoms with van der Waals surface area (Å²) in [4.78, 5) is 9.75. The predicted molar refractivity (Wildman–Crippen MR) is 49.1 cm³/mol. The summed E-state index contributed by atoms with van der Waals surface area (Å²) in [5, 5.41) is 17.4. The van der Waals surface area contributed by atoms with Gasteiger partial charge in [0.2, 0.25) is 0 Å². The van der Waals surface area contributed by atoms with Crippen molar-refractivity contribution in [2.45, 2.75) is 0 Å². The van der Waals surface area contributed by atoms with Gasteiger partial charge in [0.05, 0.1) is 4.92 Å². The van der Waals surface area contributed by atoms with Crippen LogP contribution in [0.5, 0.6) is 0 Å². The van der Waals surface area contributed by atoms with Gasteiger partial charge in [-0.25, -0.2) is 0 Å². The van der Waals surface area contributed by atoms with Crippen molar-refractivity contribution in [1.29, 1.82) is 5.41 Å². The second kappa shape index (κ2) is 3.40. The van der Waals surface area contributed by atoms with Crippen molar-refractivity contribution in [3.8, 4) is 0 Å². The van der Waals surface area contributed by atoms with Gasteiger partial charge in [-0.05, 0) is 12.1 Å². The number of nitro benzene ring substituents is 1. The van der Waals surface area contributed by atoms with Crippen LogP contribution >= 0.6 is 11.6 Å². The van der Waals surface area contributed by atoms with Crippen molar-refractivity contribution < 1.29 is 4.92 Å². The fraction of sp³-hybridized carbons (Fsp3) is 0. The van der Waals surface area contributed by atoms with E-state index in [0.717, 1.165) is 0 Å². The highest BCUT2D eigenvalue weighted by Gasteiger charge is 2.12. The molecular formula is C7H6ClN3O2. The Morgan fingerprint density at radius 2 is 2.23 bits per heavy atom. The lowest BCUT2D eigenvalue weighted by atomic mass is 10.2. The van der Waals surface area contributed by atoms with Crippen LogP contribution < -0.4 is 5.73 Å². The van der Waals surface area contributed by atoms with Crippen molar-refractivity contribution in [2.75, 3.05) is 0 Å². The van der Waals surface area contributed by atoms with Crippen molar-refractivity contribution in [3.63, 3.8) is 0 Å². The second-order valence-electron chi connectivity index (χ2n) is 2.34. The zero-order valence-corrected chi connectivity index (χ0v) is 7.21. The molecule has 0 unspecified atom stereocenters. The van der Waals surface area contributed by atoms with Gasteiger partial charge < -0.3 is 5.73 Å². The number of nitrogen functional groups attached to an aromatic ring is 1. The molecule has 0 saturated heterocycles. The Labute approximate surface area is 78.8 Å². The van der Waals surface area contributed by atoms with Gasteiger partial charge in [-0.1, -0.05) is 11.6 Å². The van der Waals surface area contributed by atoms with E-state index in [4.69, 9.17) is 22.7 Å². The van der Waals surface area contributed by atoms with Crippen LogP contribution in [0, 0.1) is 15.5 Å². The zero-order valence-electron chi connectivity index (χ0n) is 6.45. The first kappa shape index (κ1) is 9.47. The van der Waals surface area contributed by atoms with Crippen LogP contribution in [0.3, 0.4) is 0 Å². The molecular weight excluding hydrogens is 194 g/mol. The number of nitrogens with one attached hydrogen (secondary N) is 1. The monoisotopic (exact) mass is 199 g/mol. The minimum Gasteiger partial charge on any atom is -0.384 e. The number of nitrogens with zero attached hydrogens (tertiary/aromatic N) is 1. The summed E-state index contributed by atoms with van der Waals surface area (Å²) in [7, 11) is 0. The second-order valence-corrected chi connectivity index (χ2v) is 2.74. The Kier molecular flexibility index (Phi) is 2.48. The number of benzene rings is 1. The fourth-order valence-corrected chi connectivity index (χ4v) is 1.07. The molecule has 6 heteroatoms. The summed E-state index contributed by atoms with van der Waals surface area (Å²) in [6.07, 6.45) is 0. The first-order valence-electron chi connectivity index (χ1n) is 3.30. The standard InChI is InChI=1S/C7H6ClN3O2/c8-5-3-4(7(9)10)1-2-6(5)11(12)13/h1-3H,(H3,9,10). The SMILES string of the molecule is N=C(N)c1ccc([N+](=O)[O-])c(Cl)c1. The number of hydrogen-bond donors (Lipinski definition) is 2. The first-order valence-corrected chi connectivity index (χ1v) is 3.68. The van der Waals surface area contributed by atoms with Crippen LogP contribution in [0.2, 0.25) is 5.02 Å². The Morgan fingerprint density at radius 3 is 2.62 bits per heavy atom. The van der Waals surface area contributed by atoms with Crippen LogP contribution in [0.1, 0.15) is 5.56 Å². The number of amidine groups is 1. The van der Waals surface area contributed by atoms with E-state index in [0.29, 0.717) is 5.56 Å². The molecule has 5 nitrogen and oxygen atoms in total. The molecule has 13 heavy (non-hydrogen) atoms. The van der Waals surface area contributed by atoms with E-state index in [9.17, 15) is 10.1 Å². The Morgan fingerprint density at radius 1 is 1.62 bits per heavy atom. The van der Waals surface area contributed by atoms with Gasteiger partial charge >= 0.3 is 0 Å². The highest BCUT2D eigenvalue weighted by molar-refractivity contribution is 6.33. The maximum absolute atomic E-state index is 10.3. The molecule has 0 aliphatic heterocycles. The largest absolute Gasteiger partial charge is 0.384 e. The Balaban J connectivity index is 3.20. The number of hydrogen-bond acceptors (Lipinski definition) is 3. The minimum atomic E-state index is -0.591. The molecule has 0 amide bonds. The van der Waals surface area contributed by atoms with Crippen molar-refractivity contribution in [1.82, 2.24) is 0 Å². The molecule has 0 radical (unpaired) electrons. The summed E-state index contributed by atoms with van der Waals surface area (Å²) >= 11 is 5.57. The Bertz CT molecular complexity index is 378. The molecule has 68 valence electrons. The van der Waals surface area contributed by atoms with Crippen LogP contribution in [-0.4, -0.2) is 10.8 Å². The quantitative estimate of drug-likeness (QED) is 0.327. The molecule has 0 heterocycles. The fourth-order valence-electron chi connectivity index (χ4n) is 0.822. The van der Waals surface area contributed by atoms with Crippen LogP contribution in [-0.2, 0) is 0 Å². The Hall–Kier alpha value is -1.62. The van der Waals surface area contributed by atoms with Gasteiger partial charge in [0.1, 0.15) is 10.9 Å². The van der Waals surface area contributed by atoms with E-state index in [2.05, 4.69) is 0 Å². The van der Waals surface area contributed by atoms with Gasteiger partial charge in [-0.15, -0.1) is 0 Å². The molecule has 0 bridgehead atoms. The highest BCUT2D eigenvalue weighted by atomic mass is 35.5. The van der Waals surface area contributed by atoms with E-state index in [-0.39, 0.29) is 16.5 Å². The van der Waals surface area contributed by atoms with Crippen molar-refractivity contribution in [3.05, 3.63) is 38.9 Å². The molecule has 0 fully saturated rings. The van der Waals surface area contributed by atoms with Crippen molar-refractivity contribution in [2.24, 2.45) is 5.73 Å². The third-order valence-electron chi connectivity index (χ3n) is 1.46. The van der Waals surface area contributed by atoms with Gasteiger partial charge in [0.25, 0.3) is 5.69 Å². The van der Waals surface area contributed by atoms with E-state index >= 15 is 0 Å². The molecule has 1 rings (SSSR count). The maximum atomic E-state index is 10.3. The summed E-state index contributed by atoms with van der Waals surface area (Å²) < 4.78 is 0. The number of rotatable bonds is 2. The summed E-state index contributed by atoms with van der Waals surface area (Å²) in [5.74, 6) is -0.170. The molecule has 0 atom stereocenters. The maximum Gasteiger partial charge on any atom is 0.287 e. The molecule has 0 aliphatic carbocycles. The normalized spacial score (nSPS) is 9.62. The van der Waals surface area contributed by atoms with E-state index < -0.39 is 4.92 Å². The molecule has 3 N–H and O–H groups in total. The van der Waals surface area contributed by atoms with Crippen LogP contribution in [0.15, 0.2) is 18.2 Å². The highest BCUT2D eigenvalue weighted by Crippen LogP contribution is 2.24. The summed E-state index contributed by atoms with van der Waals surface area (Å²) in [6.45, 7) is 0. The third-order valence-corrected chi connectivity index (χ3v) is 1.76.